The van der Waals surface area contributed by atoms with Gasteiger partial charge in [-0.1, -0.05) is 26.0 Å². The van der Waals surface area contributed by atoms with Crippen molar-refractivity contribution in [1.82, 2.24) is 5.32 Å². The molecule has 1 N–H and O–H groups in total. The highest BCUT2D eigenvalue weighted by molar-refractivity contribution is 5.55. The Kier molecular flexibility index (Phi) is 5.19. The molecule has 0 fully saturated rings. The first-order valence-corrected chi connectivity index (χ1v) is 8.75. The minimum atomic E-state index is 0.145. The van der Waals surface area contributed by atoms with E-state index in [1.165, 1.54) is 22.3 Å². The van der Waals surface area contributed by atoms with Gasteiger partial charge in [-0.15, -0.1) is 0 Å². The summed E-state index contributed by atoms with van der Waals surface area (Å²) in [5, 5.41) is 3.68. The van der Waals surface area contributed by atoms with E-state index in [1.807, 2.05) is 12.1 Å². The van der Waals surface area contributed by atoms with Gasteiger partial charge in [0, 0.05) is 12.1 Å². The molecule has 4 nitrogen and oxygen atoms in total. The van der Waals surface area contributed by atoms with Crippen LogP contribution < -0.4 is 19.5 Å². The van der Waals surface area contributed by atoms with Gasteiger partial charge in [-0.05, 0) is 47.2 Å². The van der Waals surface area contributed by atoms with Gasteiger partial charge >= 0.3 is 0 Å². The monoisotopic (exact) mass is 341 g/mol. The highest BCUT2D eigenvalue weighted by Crippen LogP contribution is 2.41. The van der Waals surface area contributed by atoms with Gasteiger partial charge in [0.15, 0.2) is 11.5 Å². The highest BCUT2D eigenvalue weighted by Gasteiger charge is 2.28. The summed E-state index contributed by atoms with van der Waals surface area (Å²) in [6.45, 7) is 5.35. The third-order valence-electron chi connectivity index (χ3n) is 4.95. The van der Waals surface area contributed by atoms with Gasteiger partial charge in [0.05, 0.1) is 27.4 Å². The summed E-state index contributed by atoms with van der Waals surface area (Å²) in [6, 6.07) is 10.7. The van der Waals surface area contributed by atoms with Gasteiger partial charge in [0.2, 0.25) is 0 Å². The second-order valence-corrected chi connectivity index (χ2v) is 6.66. The number of ether oxygens (including phenoxy) is 3. The smallest absolute Gasteiger partial charge is 0.164 e. The molecule has 2 aromatic rings. The van der Waals surface area contributed by atoms with Crippen molar-refractivity contribution in [2.24, 2.45) is 0 Å². The molecule has 25 heavy (non-hydrogen) atoms. The average molecular weight is 341 g/mol. The molecule has 0 bridgehead atoms. The van der Waals surface area contributed by atoms with E-state index in [9.17, 15) is 0 Å². The van der Waals surface area contributed by atoms with Crippen LogP contribution in [0.15, 0.2) is 30.3 Å². The van der Waals surface area contributed by atoms with E-state index in [4.69, 9.17) is 14.2 Å². The molecule has 4 heteroatoms. The summed E-state index contributed by atoms with van der Waals surface area (Å²) in [4.78, 5) is 0. The number of benzene rings is 2. The minimum absolute atomic E-state index is 0.145. The maximum atomic E-state index is 5.66. The van der Waals surface area contributed by atoms with Crippen LogP contribution in [0.3, 0.4) is 0 Å². The average Bonchev–Trinajstić information content (AvgIpc) is 2.65. The molecule has 0 aromatic heterocycles. The van der Waals surface area contributed by atoms with Crippen LogP contribution in [0.25, 0.3) is 0 Å². The number of hydrogen-bond donors (Lipinski definition) is 1. The lowest BCUT2D eigenvalue weighted by atomic mass is 9.84. The molecule has 1 aliphatic heterocycles. The van der Waals surface area contributed by atoms with Crippen LogP contribution in [-0.4, -0.2) is 27.9 Å². The fourth-order valence-electron chi connectivity index (χ4n) is 3.71. The van der Waals surface area contributed by atoms with Crippen molar-refractivity contribution in [3.8, 4) is 17.2 Å². The second-order valence-electron chi connectivity index (χ2n) is 6.66. The van der Waals surface area contributed by atoms with E-state index >= 15 is 0 Å². The van der Waals surface area contributed by atoms with Crippen molar-refractivity contribution in [3.63, 3.8) is 0 Å². The van der Waals surface area contributed by atoms with E-state index in [1.54, 1.807) is 21.3 Å². The summed E-state index contributed by atoms with van der Waals surface area (Å²) in [5.41, 5.74) is 5.09. The van der Waals surface area contributed by atoms with E-state index < -0.39 is 0 Å². The van der Waals surface area contributed by atoms with Gasteiger partial charge in [0.25, 0.3) is 0 Å². The van der Waals surface area contributed by atoms with Gasteiger partial charge in [-0.2, -0.15) is 0 Å². The molecule has 0 aliphatic carbocycles. The topological polar surface area (TPSA) is 39.7 Å². The number of hydrogen-bond acceptors (Lipinski definition) is 4. The van der Waals surface area contributed by atoms with Crippen molar-refractivity contribution >= 4 is 0 Å². The number of nitrogens with one attached hydrogen (secondary N) is 1. The Morgan fingerprint density at radius 3 is 2.36 bits per heavy atom. The van der Waals surface area contributed by atoms with Crippen LogP contribution in [0, 0.1) is 0 Å². The standard InChI is InChI=1S/C21H27NO3/c1-13(2)18-12-14(23-3)6-7-16(18)20-15-8-9-19(24-4)21(25-5)17(15)10-11-22-20/h6-9,12-13,20,22H,10-11H2,1-5H3. The third kappa shape index (κ3) is 3.19. The van der Waals surface area contributed by atoms with Crippen LogP contribution in [0.1, 0.15) is 48.1 Å². The molecule has 1 unspecified atom stereocenters. The SMILES string of the molecule is COc1ccc(C2NCCc3c2ccc(OC)c3OC)c(C(C)C)c1. The summed E-state index contributed by atoms with van der Waals surface area (Å²) in [7, 11) is 5.11. The number of rotatable bonds is 5. The van der Waals surface area contributed by atoms with Crippen molar-refractivity contribution in [3.05, 3.63) is 52.6 Å². The number of fused-ring (bicyclic) bond motifs is 1. The Morgan fingerprint density at radius 2 is 1.72 bits per heavy atom. The maximum Gasteiger partial charge on any atom is 0.164 e. The molecule has 1 atom stereocenters. The summed E-state index contributed by atoms with van der Waals surface area (Å²) in [5.74, 6) is 2.96. The van der Waals surface area contributed by atoms with Gasteiger partial charge in [-0.25, -0.2) is 0 Å². The van der Waals surface area contributed by atoms with Crippen LogP contribution in [0.5, 0.6) is 17.2 Å². The van der Waals surface area contributed by atoms with Crippen molar-refractivity contribution < 1.29 is 14.2 Å². The summed E-state index contributed by atoms with van der Waals surface area (Å²) >= 11 is 0. The fourth-order valence-corrected chi connectivity index (χ4v) is 3.71. The van der Waals surface area contributed by atoms with Crippen LogP contribution in [0.4, 0.5) is 0 Å². The Bertz CT molecular complexity index is 755. The zero-order valence-corrected chi connectivity index (χ0v) is 15.7. The van der Waals surface area contributed by atoms with Gasteiger partial charge in [0.1, 0.15) is 5.75 Å². The van der Waals surface area contributed by atoms with Crippen molar-refractivity contribution in [2.45, 2.75) is 32.2 Å². The van der Waals surface area contributed by atoms with Gasteiger partial charge in [-0.3, -0.25) is 0 Å². The molecular weight excluding hydrogens is 314 g/mol. The quantitative estimate of drug-likeness (QED) is 0.890. The van der Waals surface area contributed by atoms with Gasteiger partial charge < -0.3 is 19.5 Å². The lowest BCUT2D eigenvalue weighted by Crippen LogP contribution is -2.31. The first-order chi connectivity index (χ1) is 12.1. The molecule has 134 valence electrons. The predicted molar refractivity (Wildman–Crippen MR) is 100 cm³/mol. The first kappa shape index (κ1) is 17.6. The second kappa shape index (κ2) is 7.36. The minimum Gasteiger partial charge on any atom is -0.497 e. The van der Waals surface area contributed by atoms with E-state index in [0.29, 0.717) is 5.92 Å². The van der Waals surface area contributed by atoms with Crippen LogP contribution >= 0.6 is 0 Å². The lowest BCUT2D eigenvalue weighted by molar-refractivity contribution is 0.348. The number of methoxy groups -OCH3 is 3. The van der Waals surface area contributed by atoms with E-state index in [2.05, 4.69) is 37.4 Å². The Labute approximate surface area is 150 Å². The van der Waals surface area contributed by atoms with Crippen LogP contribution in [0.2, 0.25) is 0 Å². The molecule has 3 rings (SSSR count). The lowest BCUT2D eigenvalue weighted by Gasteiger charge is -2.31. The zero-order chi connectivity index (χ0) is 18.0. The molecule has 0 amide bonds. The normalized spacial score (nSPS) is 16.5. The molecule has 1 heterocycles. The Balaban J connectivity index is 2.13. The van der Waals surface area contributed by atoms with Crippen molar-refractivity contribution in [2.75, 3.05) is 27.9 Å². The zero-order valence-electron chi connectivity index (χ0n) is 15.7. The molecule has 1 aliphatic rings. The molecule has 0 saturated heterocycles. The maximum absolute atomic E-state index is 5.66. The summed E-state index contributed by atoms with van der Waals surface area (Å²) < 4.78 is 16.6. The predicted octanol–water partition coefficient (Wildman–Crippen LogP) is 4.07. The first-order valence-electron chi connectivity index (χ1n) is 8.75. The van der Waals surface area contributed by atoms with Crippen LogP contribution in [-0.2, 0) is 6.42 Å². The summed E-state index contributed by atoms with van der Waals surface area (Å²) in [6.07, 6.45) is 0.930. The van der Waals surface area contributed by atoms with E-state index in [0.717, 1.165) is 30.2 Å². The third-order valence-corrected chi connectivity index (χ3v) is 4.95. The molecule has 2 aromatic carbocycles. The van der Waals surface area contributed by atoms with Crippen molar-refractivity contribution in [1.29, 1.82) is 0 Å². The largest absolute Gasteiger partial charge is 0.497 e. The Hall–Kier alpha value is -2.20. The van der Waals surface area contributed by atoms with E-state index in [-0.39, 0.29) is 6.04 Å². The molecule has 0 radical (unpaired) electrons. The Morgan fingerprint density at radius 1 is 0.960 bits per heavy atom. The fraction of sp³-hybridized carbons (Fsp3) is 0.429. The molecule has 0 spiro atoms. The molecular formula is C21H27NO3. The highest BCUT2D eigenvalue weighted by atomic mass is 16.5. The molecule has 0 saturated carbocycles.